The molecule has 0 amide bonds. The Bertz CT molecular complexity index is 826. The minimum atomic E-state index is -0.392. The molecule has 1 aromatic heterocycles. The molecule has 0 bridgehead atoms. The van der Waals surface area contributed by atoms with Crippen LogP contribution >= 0.6 is 0 Å². The Morgan fingerprint density at radius 1 is 1.18 bits per heavy atom. The highest BCUT2D eigenvalue weighted by molar-refractivity contribution is 5.60. The summed E-state index contributed by atoms with van der Waals surface area (Å²) in [6, 6.07) is 8.52. The Labute approximate surface area is 164 Å². The topological polar surface area (TPSA) is 81.4 Å². The van der Waals surface area contributed by atoms with E-state index in [-0.39, 0.29) is 5.69 Å². The van der Waals surface area contributed by atoms with Gasteiger partial charge in [-0.25, -0.2) is 9.97 Å². The SMILES string of the molecule is CCc1cc(N2CCC(C3CCCO3)CC2)nc(-c2ccc([N+](=O)[O-])cc2)n1. The number of anilines is 1. The number of hydrogen-bond acceptors (Lipinski definition) is 6. The van der Waals surface area contributed by atoms with Gasteiger partial charge in [0.05, 0.1) is 11.0 Å². The van der Waals surface area contributed by atoms with Crippen molar-refractivity contribution >= 4 is 11.5 Å². The van der Waals surface area contributed by atoms with Crippen LogP contribution in [0.2, 0.25) is 0 Å². The number of aryl methyl sites for hydroxylation is 1. The minimum Gasteiger partial charge on any atom is -0.378 e. The highest BCUT2D eigenvalue weighted by atomic mass is 16.6. The van der Waals surface area contributed by atoms with E-state index in [2.05, 4.69) is 22.9 Å². The summed E-state index contributed by atoms with van der Waals surface area (Å²) in [6.07, 6.45) is 5.90. The molecule has 0 N–H and O–H groups in total. The van der Waals surface area contributed by atoms with Crippen molar-refractivity contribution < 1.29 is 9.66 Å². The number of piperidine rings is 1. The van der Waals surface area contributed by atoms with Gasteiger partial charge in [-0.15, -0.1) is 0 Å². The maximum absolute atomic E-state index is 10.9. The van der Waals surface area contributed by atoms with Crippen LogP contribution in [0.4, 0.5) is 11.5 Å². The van der Waals surface area contributed by atoms with Crippen LogP contribution in [0.25, 0.3) is 11.4 Å². The van der Waals surface area contributed by atoms with Crippen LogP contribution < -0.4 is 4.90 Å². The van der Waals surface area contributed by atoms with Gasteiger partial charge in [-0.2, -0.15) is 0 Å². The van der Waals surface area contributed by atoms with Gasteiger partial charge in [0.2, 0.25) is 0 Å². The first-order chi connectivity index (χ1) is 13.6. The molecule has 2 aliphatic heterocycles. The normalized spacial score (nSPS) is 20.5. The van der Waals surface area contributed by atoms with Crippen molar-refractivity contribution in [1.82, 2.24) is 9.97 Å². The van der Waals surface area contributed by atoms with Crippen molar-refractivity contribution in [2.45, 2.75) is 45.1 Å². The Kier molecular flexibility index (Phi) is 5.52. The minimum absolute atomic E-state index is 0.0758. The third kappa shape index (κ3) is 3.99. The Morgan fingerprint density at radius 2 is 1.93 bits per heavy atom. The second-order valence-electron chi connectivity index (χ2n) is 7.57. The van der Waals surface area contributed by atoms with Gasteiger partial charge in [0.15, 0.2) is 5.82 Å². The maximum Gasteiger partial charge on any atom is 0.269 e. The van der Waals surface area contributed by atoms with Gasteiger partial charge >= 0.3 is 0 Å². The lowest BCUT2D eigenvalue weighted by molar-refractivity contribution is -0.384. The molecule has 2 fully saturated rings. The molecule has 1 atom stereocenters. The van der Waals surface area contributed by atoms with E-state index in [1.165, 1.54) is 25.0 Å². The van der Waals surface area contributed by atoms with Gasteiger partial charge in [-0.05, 0) is 50.2 Å². The molecule has 0 spiro atoms. The molecular formula is C21H26N4O3. The summed E-state index contributed by atoms with van der Waals surface area (Å²) in [4.78, 5) is 22.3. The average molecular weight is 382 g/mol. The maximum atomic E-state index is 10.9. The number of aromatic nitrogens is 2. The Hall–Kier alpha value is -2.54. The van der Waals surface area contributed by atoms with E-state index in [0.717, 1.165) is 56.0 Å². The zero-order valence-corrected chi connectivity index (χ0v) is 16.2. The van der Waals surface area contributed by atoms with Crippen molar-refractivity contribution in [3.8, 4) is 11.4 Å². The summed E-state index contributed by atoms with van der Waals surface area (Å²) in [5.41, 5.74) is 1.86. The standard InChI is InChI=1S/C21H26N4O3/c1-2-17-14-20(24-11-9-15(10-12-24)19-4-3-13-28-19)23-21(22-17)16-5-7-18(8-6-16)25(26)27/h5-8,14-15,19H,2-4,9-13H2,1H3. The summed E-state index contributed by atoms with van der Waals surface area (Å²) in [6.45, 7) is 4.94. The van der Waals surface area contributed by atoms with Crippen LogP contribution in [0.1, 0.15) is 38.3 Å². The highest BCUT2D eigenvalue weighted by Gasteiger charge is 2.30. The lowest BCUT2D eigenvalue weighted by Crippen LogP contribution is -2.38. The first-order valence-electron chi connectivity index (χ1n) is 10.1. The number of nitrogens with zero attached hydrogens (tertiary/aromatic N) is 4. The molecule has 2 aromatic rings. The van der Waals surface area contributed by atoms with E-state index in [1.54, 1.807) is 12.1 Å². The first-order valence-corrected chi connectivity index (χ1v) is 10.1. The van der Waals surface area contributed by atoms with Crippen LogP contribution in [-0.2, 0) is 11.2 Å². The Balaban J connectivity index is 1.53. The smallest absolute Gasteiger partial charge is 0.269 e. The van der Waals surface area contributed by atoms with Crippen molar-refractivity contribution in [3.63, 3.8) is 0 Å². The van der Waals surface area contributed by atoms with Gasteiger partial charge in [-0.1, -0.05) is 6.92 Å². The van der Waals surface area contributed by atoms with E-state index < -0.39 is 4.92 Å². The molecule has 0 radical (unpaired) electrons. The quantitative estimate of drug-likeness (QED) is 0.574. The van der Waals surface area contributed by atoms with Crippen LogP contribution in [0.5, 0.6) is 0 Å². The van der Waals surface area contributed by atoms with Gasteiger partial charge in [-0.3, -0.25) is 10.1 Å². The van der Waals surface area contributed by atoms with Crippen LogP contribution in [0.3, 0.4) is 0 Å². The molecule has 148 valence electrons. The summed E-state index contributed by atoms with van der Waals surface area (Å²) < 4.78 is 5.88. The fourth-order valence-corrected chi connectivity index (χ4v) is 4.16. The van der Waals surface area contributed by atoms with Crippen LogP contribution in [0, 0.1) is 16.0 Å². The lowest BCUT2D eigenvalue weighted by atomic mass is 9.90. The third-order valence-electron chi connectivity index (χ3n) is 5.82. The van der Waals surface area contributed by atoms with Crippen LogP contribution in [-0.4, -0.2) is 40.7 Å². The largest absolute Gasteiger partial charge is 0.378 e. The Morgan fingerprint density at radius 3 is 2.54 bits per heavy atom. The highest BCUT2D eigenvalue weighted by Crippen LogP contribution is 2.31. The zero-order chi connectivity index (χ0) is 19.5. The predicted octanol–water partition coefficient (Wildman–Crippen LogP) is 4.01. The molecular weight excluding hydrogens is 356 g/mol. The average Bonchev–Trinajstić information content (AvgIpc) is 3.28. The fourth-order valence-electron chi connectivity index (χ4n) is 4.16. The second kappa shape index (κ2) is 8.22. The number of nitro benzene ring substituents is 1. The molecule has 0 aliphatic carbocycles. The monoisotopic (exact) mass is 382 g/mol. The lowest BCUT2D eigenvalue weighted by Gasteiger charge is -2.35. The molecule has 7 nitrogen and oxygen atoms in total. The molecule has 1 aromatic carbocycles. The van der Waals surface area contributed by atoms with Gasteiger partial charge in [0, 0.05) is 49.2 Å². The number of ether oxygens (including phenoxy) is 1. The molecule has 2 aliphatic rings. The number of hydrogen-bond donors (Lipinski definition) is 0. The van der Waals surface area contributed by atoms with Crippen molar-refractivity contribution in [3.05, 3.63) is 46.1 Å². The predicted molar refractivity (Wildman–Crippen MR) is 107 cm³/mol. The number of rotatable bonds is 5. The molecule has 1 unspecified atom stereocenters. The summed E-state index contributed by atoms with van der Waals surface area (Å²) in [7, 11) is 0. The molecule has 4 rings (SSSR count). The molecule has 0 saturated carbocycles. The molecule has 3 heterocycles. The van der Waals surface area contributed by atoms with E-state index in [4.69, 9.17) is 9.72 Å². The third-order valence-corrected chi connectivity index (χ3v) is 5.82. The summed E-state index contributed by atoms with van der Waals surface area (Å²) >= 11 is 0. The molecule has 28 heavy (non-hydrogen) atoms. The molecule has 7 heteroatoms. The molecule has 2 saturated heterocycles. The van der Waals surface area contributed by atoms with Gasteiger partial charge in [0.1, 0.15) is 5.82 Å². The summed E-state index contributed by atoms with van der Waals surface area (Å²) in [5, 5.41) is 10.9. The van der Waals surface area contributed by atoms with Crippen molar-refractivity contribution in [1.29, 1.82) is 0 Å². The van der Waals surface area contributed by atoms with E-state index in [9.17, 15) is 10.1 Å². The fraction of sp³-hybridized carbons (Fsp3) is 0.524. The first kappa shape index (κ1) is 18.8. The van der Waals surface area contributed by atoms with Gasteiger partial charge in [0.25, 0.3) is 5.69 Å². The second-order valence-corrected chi connectivity index (χ2v) is 7.57. The van der Waals surface area contributed by atoms with E-state index in [0.29, 0.717) is 17.8 Å². The van der Waals surface area contributed by atoms with E-state index >= 15 is 0 Å². The van der Waals surface area contributed by atoms with Gasteiger partial charge < -0.3 is 9.64 Å². The van der Waals surface area contributed by atoms with Crippen molar-refractivity contribution in [2.75, 3.05) is 24.6 Å². The zero-order valence-electron chi connectivity index (χ0n) is 16.2. The van der Waals surface area contributed by atoms with Crippen molar-refractivity contribution in [2.24, 2.45) is 5.92 Å². The number of benzene rings is 1. The number of non-ortho nitro benzene ring substituents is 1. The van der Waals surface area contributed by atoms with Crippen LogP contribution in [0.15, 0.2) is 30.3 Å². The number of nitro groups is 1. The van der Waals surface area contributed by atoms with E-state index in [1.807, 2.05) is 0 Å². The summed E-state index contributed by atoms with van der Waals surface area (Å²) in [5.74, 6) is 2.23.